The van der Waals surface area contributed by atoms with Crippen LogP contribution >= 0.6 is 0 Å². The number of aryl methyl sites for hydroxylation is 2. The monoisotopic (exact) mass is 306 g/mol. The molecule has 0 aliphatic carbocycles. The Labute approximate surface area is 126 Å². The van der Waals surface area contributed by atoms with Gasteiger partial charge in [0.15, 0.2) is 0 Å². The van der Waals surface area contributed by atoms with Crippen LogP contribution in [0.25, 0.3) is 0 Å². The fraction of sp³-hybridized carbons (Fsp3) is 0.333. The molecule has 1 N–H and O–H groups in total. The topological polar surface area (TPSA) is 83.6 Å². The molecule has 1 fully saturated rings. The molecule has 1 unspecified atom stereocenters. The maximum Gasteiger partial charge on any atom is 0.261 e. The summed E-state index contributed by atoms with van der Waals surface area (Å²) in [7, 11) is 0. The number of piperidine rings is 1. The Morgan fingerprint density at radius 3 is 2.59 bits per heavy atom. The summed E-state index contributed by atoms with van der Waals surface area (Å²) in [5, 5.41) is 2.08. The van der Waals surface area contributed by atoms with Crippen molar-refractivity contribution in [2.75, 3.05) is 0 Å². The summed E-state index contributed by atoms with van der Waals surface area (Å²) in [6.45, 7) is 3.18. The molecule has 0 spiro atoms. The van der Waals surface area contributed by atoms with E-state index < -0.39 is 29.6 Å². The van der Waals surface area contributed by atoms with Gasteiger partial charge >= 0.3 is 0 Å². The maximum atomic E-state index is 13.7. The number of nitrogens with one attached hydrogen (secondary N) is 1. The van der Waals surface area contributed by atoms with E-state index in [1.807, 2.05) is 0 Å². The molecule has 1 aromatic rings. The van der Waals surface area contributed by atoms with Crippen LogP contribution in [0, 0.1) is 19.7 Å². The first-order valence-electron chi connectivity index (χ1n) is 6.73. The number of halogens is 1. The minimum absolute atomic E-state index is 0.0138. The van der Waals surface area contributed by atoms with Crippen LogP contribution in [-0.2, 0) is 14.4 Å². The lowest BCUT2D eigenvalue weighted by atomic mass is 10.0. The third kappa shape index (κ3) is 2.88. The number of carbonyl (C=O) groups excluding carboxylic acids is 4. The van der Waals surface area contributed by atoms with Crippen LogP contribution in [0.2, 0.25) is 0 Å². The predicted molar refractivity (Wildman–Crippen MR) is 74.3 cm³/mol. The van der Waals surface area contributed by atoms with Crippen LogP contribution in [0.1, 0.15) is 34.3 Å². The standard InChI is InChI=1S/C15H15FN2O4/c1-8-5-9(2)11(16)6-10(8)15(22)18(7-19)12-3-4-13(20)17-14(12)21/h5-7,12H,3-4H2,1-2H3,(H,17,20,21). The van der Waals surface area contributed by atoms with Crippen molar-refractivity contribution in [2.45, 2.75) is 32.7 Å². The normalized spacial score (nSPS) is 17.9. The first-order valence-corrected chi connectivity index (χ1v) is 6.73. The van der Waals surface area contributed by atoms with Gasteiger partial charge in [0.25, 0.3) is 5.91 Å². The second kappa shape index (κ2) is 6.05. The summed E-state index contributed by atoms with van der Waals surface area (Å²) in [6, 6.07) is 1.48. The van der Waals surface area contributed by atoms with Gasteiger partial charge in [-0.05, 0) is 37.5 Å². The zero-order chi connectivity index (χ0) is 16.4. The van der Waals surface area contributed by atoms with Crippen LogP contribution in [-0.4, -0.2) is 35.1 Å². The Bertz CT molecular complexity index is 672. The highest BCUT2D eigenvalue weighted by molar-refractivity contribution is 6.07. The van der Waals surface area contributed by atoms with Gasteiger partial charge < -0.3 is 0 Å². The molecule has 1 aliphatic rings. The molecule has 1 saturated heterocycles. The quantitative estimate of drug-likeness (QED) is 0.663. The van der Waals surface area contributed by atoms with Crippen molar-refractivity contribution in [1.82, 2.24) is 10.2 Å². The summed E-state index contributed by atoms with van der Waals surface area (Å²) >= 11 is 0. The van der Waals surface area contributed by atoms with E-state index in [0.29, 0.717) is 16.0 Å². The van der Waals surface area contributed by atoms with Gasteiger partial charge in [-0.15, -0.1) is 0 Å². The van der Waals surface area contributed by atoms with E-state index in [1.165, 1.54) is 6.07 Å². The summed E-state index contributed by atoms with van der Waals surface area (Å²) < 4.78 is 13.7. The number of hydrogen-bond donors (Lipinski definition) is 1. The van der Waals surface area contributed by atoms with Crippen molar-refractivity contribution in [3.8, 4) is 0 Å². The van der Waals surface area contributed by atoms with Crippen molar-refractivity contribution < 1.29 is 23.6 Å². The van der Waals surface area contributed by atoms with Crippen molar-refractivity contribution >= 4 is 24.1 Å². The molecular weight excluding hydrogens is 291 g/mol. The lowest BCUT2D eigenvalue weighted by Crippen LogP contribution is -2.53. The van der Waals surface area contributed by atoms with Gasteiger partial charge in [0.05, 0.1) is 0 Å². The van der Waals surface area contributed by atoms with Gasteiger partial charge in [0, 0.05) is 12.0 Å². The molecule has 116 valence electrons. The Hall–Kier alpha value is -2.57. The summed E-state index contributed by atoms with van der Waals surface area (Å²) in [5.74, 6) is -2.48. The summed E-state index contributed by atoms with van der Waals surface area (Å²) in [5.41, 5.74) is 0.899. The minimum atomic E-state index is -1.06. The lowest BCUT2D eigenvalue weighted by Gasteiger charge is -2.28. The molecule has 1 atom stereocenters. The number of hydrogen-bond acceptors (Lipinski definition) is 4. The Kier molecular flexibility index (Phi) is 4.35. The molecule has 1 heterocycles. The highest BCUT2D eigenvalue weighted by Crippen LogP contribution is 2.19. The van der Waals surface area contributed by atoms with Crippen LogP contribution in [0.4, 0.5) is 4.39 Å². The van der Waals surface area contributed by atoms with Gasteiger partial charge in [-0.3, -0.25) is 29.4 Å². The molecule has 4 amide bonds. The third-order valence-electron chi connectivity index (χ3n) is 3.63. The molecular formula is C15H15FN2O4. The van der Waals surface area contributed by atoms with E-state index in [4.69, 9.17) is 0 Å². The first kappa shape index (κ1) is 15.8. The molecule has 1 aromatic carbocycles. The minimum Gasteiger partial charge on any atom is -0.295 e. The summed E-state index contributed by atoms with van der Waals surface area (Å²) in [4.78, 5) is 47.3. The SMILES string of the molecule is Cc1cc(C)c(C(=O)N(C=O)C2CCC(=O)NC2=O)cc1F. The van der Waals surface area contributed by atoms with Crippen molar-refractivity contribution in [2.24, 2.45) is 0 Å². The molecule has 22 heavy (non-hydrogen) atoms. The van der Waals surface area contributed by atoms with Crippen LogP contribution < -0.4 is 5.32 Å². The Morgan fingerprint density at radius 2 is 2.00 bits per heavy atom. The highest BCUT2D eigenvalue weighted by Gasteiger charge is 2.35. The van der Waals surface area contributed by atoms with E-state index in [9.17, 15) is 23.6 Å². The first-order chi connectivity index (χ1) is 10.3. The van der Waals surface area contributed by atoms with Gasteiger partial charge in [-0.1, -0.05) is 6.07 Å². The van der Waals surface area contributed by atoms with Gasteiger partial charge in [0.1, 0.15) is 11.9 Å². The average molecular weight is 306 g/mol. The molecule has 0 saturated carbocycles. The van der Waals surface area contributed by atoms with E-state index in [2.05, 4.69) is 5.32 Å². The van der Waals surface area contributed by atoms with E-state index >= 15 is 0 Å². The molecule has 6 nitrogen and oxygen atoms in total. The van der Waals surface area contributed by atoms with E-state index in [-0.39, 0.29) is 24.8 Å². The Balaban J connectivity index is 2.33. The zero-order valence-electron chi connectivity index (χ0n) is 12.2. The number of amides is 4. The largest absolute Gasteiger partial charge is 0.295 e. The van der Waals surface area contributed by atoms with Gasteiger partial charge in [-0.25, -0.2) is 4.39 Å². The predicted octanol–water partition coefficient (Wildman–Crippen LogP) is 0.846. The number of rotatable bonds is 3. The second-order valence-corrected chi connectivity index (χ2v) is 5.20. The Morgan fingerprint density at radius 1 is 1.32 bits per heavy atom. The molecule has 1 aliphatic heterocycles. The maximum absolute atomic E-state index is 13.7. The van der Waals surface area contributed by atoms with Gasteiger partial charge in [0.2, 0.25) is 18.2 Å². The fourth-order valence-corrected chi connectivity index (χ4v) is 2.41. The number of imide groups is 2. The molecule has 7 heteroatoms. The van der Waals surface area contributed by atoms with Crippen LogP contribution in [0.15, 0.2) is 12.1 Å². The molecule has 0 aromatic heterocycles. The van der Waals surface area contributed by atoms with Crippen LogP contribution in [0.3, 0.4) is 0 Å². The highest BCUT2D eigenvalue weighted by atomic mass is 19.1. The zero-order valence-corrected chi connectivity index (χ0v) is 12.2. The number of carbonyl (C=O) groups is 4. The average Bonchev–Trinajstić information content (AvgIpc) is 2.45. The number of benzene rings is 1. The molecule has 0 bridgehead atoms. The van der Waals surface area contributed by atoms with Crippen molar-refractivity contribution in [1.29, 1.82) is 0 Å². The van der Waals surface area contributed by atoms with Gasteiger partial charge in [-0.2, -0.15) is 0 Å². The third-order valence-corrected chi connectivity index (χ3v) is 3.63. The fourth-order valence-electron chi connectivity index (χ4n) is 2.41. The number of nitrogens with zero attached hydrogens (tertiary/aromatic N) is 1. The summed E-state index contributed by atoms with van der Waals surface area (Å²) in [6.07, 6.45) is 0.331. The van der Waals surface area contributed by atoms with Crippen LogP contribution in [0.5, 0.6) is 0 Å². The van der Waals surface area contributed by atoms with E-state index in [0.717, 1.165) is 6.07 Å². The lowest BCUT2D eigenvalue weighted by molar-refractivity contribution is -0.139. The smallest absolute Gasteiger partial charge is 0.261 e. The molecule has 0 radical (unpaired) electrons. The van der Waals surface area contributed by atoms with E-state index in [1.54, 1.807) is 13.8 Å². The second-order valence-electron chi connectivity index (χ2n) is 5.20. The van der Waals surface area contributed by atoms with Crippen molar-refractivity contribution in [3.05, 3.63) is 34.6 Å². The van der Waals surface area contributed by atoms with Crippen molar-refractivity contribution in [3.63, 3.8) is 0 Å². The molecule has 2 rings (SSSR count).